The van der Waals surface area contributed by atoms with Gasteiger partial charge in [-0.3, -0.25) is 10.1 Å². The first kappa shape index (κ1) is 14.3. The third-order valence-corrected chi connectivity index (χ3v) is 2.80. The van der Waals surface area contributed by atoms with Gasteiger partial charge < -0.3 is 15.7 Å². The van der Waals surface area contributed by atoms with Crippen molar-refractivity contribution < 1.29 is 14.9 Å². The van der Waals surface area contributed by atoms with Crippen LogP contribution in [0.4, 0.5) is 5.69 Å². The SMILES string of the molecule is NC(=NO)c1ccc(OCc2ccccc2)c([N+](=O)[O-])c1. The average molecular weight is 287 g/mol. The van der Waals surface area contributed by atoms with Crippen LogP contribution in [0.15, 0.2) is 53.7 Å². The topological polar surface area (TPSA) is 111 Å². The highest BCUT2D eigenvalue weighted by molar-refractivity contribution is 5.97. The lowest BCUT2D eigenvalue weighted by molar-refractivity contribution is -0.386. The van der Waals surface area contributed by atoms with Crippen LogP contribution in [0.1, 0.15) is 11.1 Å². The Bertz CT molecular complexity index is 671. The maximum Gasteiger partial charge on any atom is 0.311 e. The number of rotatable bonds is 5. The van der Waals surface area contributed by atoms with Crippen LogP contribution in [0.3, 0.4) is 0 Å². The van der Waals surface area contributed by atoms with E-state index in [0.717, 1.165) is 5.56 Å². The molecule has 0 saturated heterocycles. The molecule has 0 unspecified atom stereocenters. The second-order valence-electron chi connectivity index (χ2n) is 4.20. The average Bonchev–Trinajstić information content (AvgIpc) is 2.52. The van der Waals surface area contributed by atoms with Gasteiger partial charge >= 0.3 is 5.69 Å². The highest BCUT2D eigenvalue weighted by atomic mass is 16.6. The Morgan fingerprint density at radius 3 is 2.62 bits per heavy atom. The molecule has 21 heavy (non-hydrogen) atoms. The van der Waals surface area contributed by atoms with E-state index in [1.807, 2.05) is 30.3 Å². The number of hydrogen-bond donors (Lipinski definition) is 2. The second-order valence-corrected chi connectivity index (χ2v) is 4.20. The van der Waals surface area contributed by atoms with Gasteiger partial charge in [-0.1, -0.05) is 35.5 Å². The molecule has 7 nitrogen and oxygen atoms in total. The summed E-state index contributed by atoms with van der Waals surface area (Å²) in [5, 5.41) is 22.5. The molecule has 7 heteroatoms. The van der Waals surface area contributed by atoms with Crippen molar-refractivity contribution in [2.75, 3.05) is 0 Å². The maximum atomic E-state index is 11.1. The fraction of sp³-hybridized carbons (Fsp3) is 0.0714. The van der Waals surface area contributed by atoms with Gasteiger partial charge in [0.05, 0.1) is 4.92 Å². The number of ether oxygens (including phenoxy) is 1. The molecule has 0 bridgehead atoms. The fourth-order valence-corrected chi connectivity index (χ4v) is 1.73. The Morgan fingerprint density at radius 2 is 2.00 bits per heavy atom. The van der Waals surface area contributed by atoms with Crippen LogP contribution in [0.5, 0.6) is 5.75 Å². The van der Waals surface area contributed by atoms with Gasteiger partial charge in [0.15, 0.2) is 11.6 Å². The van der Waals surface area contributed by atoms with Crippen molar-refractivity contribution in [2.45, 2.75) is 6.61 Å². The summed E-state index contributed by atoms with van der Waals surface area (Å²) in [6.07, 6.45) is 0. The molecule has 0 fully saturated rings. The Kier molecular flexibility index (Phi) is 4.35. The monoisotopic (exact) mass is 287 g/mol. The largest absolute Gasteiger partial charge is 0.482 e. The van der Waals surface area contributed by atoms with Crippen molar-refractivity contribution in [3.05, 3.63) is 69.8 Å². The maximum absolute atomic E-state index is 11.1. The molecule has 0 aliphatic carbocycles. The van der Waals surface area contributed by atoms with Crippen molar-refractivity contribution in [1.29, 1.82) is 0 Å². The molecule has 0 heterocycles. The van der Waals surface area contributed by atoms with E-state index < -0.39 is 4.92 Å². The van der Waals surface area contributed by atoms with E-state index in [-0.39, 0.29) is 29.4 Å². The van der Waals surface area contributed by atoms with Crippen molar-refractivity contribution in [3.63, 3.8) is 0 Å². The van der Waals surface area contributed by atoms with Crippen LogP contribution in [0.25, 0.3) is 0 Å². The van der Waals surface area contributed by atoms with Crippen LogP contribution in [0, 0.1) is 10.1 Å². The lowest BCUT2D eigenvalue weighted by atomic mass is 10.1. The molecule has 0 amide bonds. The van der Waals surface area contributed by atoms with Crippen molar-refractivity contribution in [1.82, 2.24) is 0 Å². The lowest BCUT2D eigenvalue weighted by Gasteiger charge is -2.08. The summed E-state index contributed by atoms with van der Waals surface area (Å²) in [7, 11) is 0. The summed E-state index contributed by atoms with van der Waals surface area (Å²) in [6, 6.07) is 13.4. The minimum atomic E-state index is -0.575. The number of oxime groups is 1. The van der Waals surface area contributed by atoms with Gasteiger partial charge in [0.25, 0.3) is 0 Å². The highest BCUT2D eigenvalue weighted by Crippen LogP contribution is 2.28. The Balaban J connectivity index is 2.25. The Morgan fingerprint density at radius 1 is 1.29 bits per heavy atom. The zero-order valence-corrected chi connectivity index (χ0v) is 11.0. The lowest BCUT2D eigenvalue weighted by Crippen LogP contribution is -2.13. The third-order valence-electron chi connectivity index (χ3n) is 2.80. The number of nitrogens with zero attached hydrogens (tertiary/aromatic N) is 2. The zero-order chi connectivity index (χ0) is 15.2. The molecule has 0 aliphatic rings. The highest BCUT2D eigenvalue weighted by Gasteiger charge is 2.17. The van der Waals surface area contributed by atoms with E-state index in [2.05, 4.69) is 5.16 Å². The predicted octanol–water partition coefficient (Wildman–Crippen LogP) is 2.27. The van der Waals surface area contributed by atoms with Crippen LogP contribution in [0.2, 0.25) is 0 Å². The number of nitro benzene ring substituents is 1. The molecule has 0 spiro atoms. The van der Waals surface area contributed by atoms with Gasteiger partial charge in [-0.15, -0.1) is 0 Å². The summed E-state index contributed by atoms with van der Waals surface area (Å²) >= 11 is 0. The van der Waals surface area contributed by atoms with Gasteiger partial charge in [0.2, 0.25) is 0 Å². The van der Waals surface area contributed by atoms with Gasteiger partial charge in [0, 0.05) is 11.6 Å². The summed E-state index contributed by atoms with van der Waals surface area (Å²) in [5.41, 5.74) is 6.32. The predicted molar refractivity (Wildman–Crippen MR) is 76.4 cm³/mol. The summed E-state index contributed by atoms with van der Waals surface area (Å²) in [4.78, 5) is 10.5. The number of amidine groups is 1. The van der Waals surface area contributed by atoms with E-state index in [1.54, 1.807) is 0 Å². The summed E-state index contributed by atoms with van der Waals surface area (Å²) in [5.74, 6) is -0.0777. The van der Waals surface area contributed by atoms with Gasteiger partial charge in [-0.2, -0.15) is 0 Å². The first-order valence-electron chi connectivity index (χ1n) is 6.05. The third kappa shape index (κ3) is 3.47. The van der Waals surface area contributed by atoms with Crippen molar-refractivity contribution in [2.24, 2.45) is 10.9 Å². The Labute approximate surface area is 120 Å². The van der Waals surface area contributed by atoms with Gasteiger partial charge in [0.1, 0.15) is 6.61 Å². The van der Waals surface area contributed by atoms with E-state index in [1.165, 1.54) is 18.2 Å². The molecule has 0 saturated carbocycles. The van der Waals surface area contributed by atoms with Crippen LogP contribution in [-0.2, 0) is 6.61 Å². The molecule has 2 rings (SSSR count). The molecular formula is C14H13N3O4. The smallest absolute Gasteiger partial charge is 0.311 e. The van der Waals surface area contributed by atoms with E-state index >= 15 is 0 Å². The molecule has 108 valence electrons. The minimum absolute atomic E-state index is 0.123. The number of benzene rings is 2. The number of nitro groups is 1. The quantitative estimate of drug-likeness (QED) is 0.288. The molecule has 0 atom stereocenters. The van der Waals surface area contributed by atoms with Gasteiger partial charge in [-0.25, -0.2) is 0 Å². The summed E-state index contributed by atoms with van der Waals surface area (Å²) in [6.45, 7) is 0.213. The fourth-order valence-electron chi connectivity index (χ4n) is 1.73. The zero-order valence-electron chi connectivity index (χ0n) is 11.0. The normalized spacial score (nSPS) is 11.1. The second kappa shape index (κ2) is 6.38. The van der Waals surface area contributed by atoms with Crippen LogP contribution < -0.4 is 10.5 Å². The van der Waals surface area contributed by atoms with Gasteiger partial charge in [-0.05, 0) is 17.7 Å². The van der Waals surface area contributed by atoms with Crippen molar-refractivity contribution in [3.8, 4) is 5.75 Å². The molecule has 2 aromatic rings. The molecular weight excluding hydrogens is 274 g/mol. The minimum Gasteiger partial charge on any atom is -0.482 e. The number of nitrogens with two attached hydrogens (primary N) is 1. The first-order chi connectivity index (χ1) is 10.1. The molecule has 3 N–H and O–H groups in total. The molecule has 2 aromatic carbocycles. The van der Waals surface area contributed by atoms with E-state index in [9.17, 15) is 10.1 Å². The Hall–Kier alpha value is -3.09. The van der Waals surface area contributed by atoms with Crippen molar-refractivity contribution >= 4 is 11.5 Å². The molecule has 0 aromatic heterocycles. The van der Waals surface area contributed by atoms with E-state index in [4.69, 9.17) is 15.7 Å². The first-order valence-corrected chi connectivity index (χ1v) is 6.05. The van der Waals surface area contributed by atoms with E-state index in [0.29, 0.717) is 0 Å². The molecule has 0 aliphatic heterocycles. The number of hydrogen-bond acceptors (Lipinski definition) is 5. The summed E-state index contributed by atoms with van der Waals surface area (Å²) < 4.78 is 5.47. The standard InChI is InChI=1S/C14H13N3O4/c15-14(16-18)11-6-7-13(12(8-11)17(19)20)21-9-10-4-2-1-3-5-10/h1-8,18H,9H2,(H2,15,16). The van der Waals surface area contributed by atoms with Crippen LogP contribution in [-0.4, -0.2) is 16.0 Å². The molecule has 0 radical (unpaired) electrons. The van der Waals surface area contributed by atoms with Crippen LogP contribution >= 0.6 is 0 Å².